The first-order chi connectivity index (χ1) is 8.52. The van der Waals surface area contributed by atoms with Crippen LogP contribution in [0, 0.1) is 0 Å². The number of ether oxygens (including phenoxy) is 1. The summed E-state index contributed by atoms with van der Waals surface area (Å²) in [5, 5.41) is 3.19. The lowest BCUT2D eigenvalue weighted by Crippen LogP contribution is -2.49. The number of nitrogens with zero attached hydrogens (tertiary/aromatic N) is 2. The Morgan fingerprint density at radius 1 is 1.56 bits per heavy atom. The zero-order valence-electron chi connectivity index (χ0n) is 11.2. The van der Waals surface area contributed by atoms with Crippen molar-refractivity contribution in [2.24, 2.45) is 0 Å². The molecule has 0 unspecified atom stereocenters. The van der Waals surface area contributed by atoms with Gasteiger partial charge in [-0.2, -0.15) is 0 Å². The molecule has 0 saturated carbocycles. The van der Waals surface area contributed by atoms with Gasteiger partial charge in [-0.3, -0.25) is 0 Å². The van der Waals surface area contributed by atoms with Crippen molar-refractivity contribution in [2.45, 2.75) is 26.0 Å². The average Bonchev–Trinajstić information content (AvgIpc) is 2.28. The van der Waals surface area contributed by atoms with Crippen molar-refractivity contribution in [3.63, 3.8) is 0 Å². The lowest BCUT2D eigenvalue weighted by molar-refractivity contribution is -0.0279. The summed E-state index contributed by atoms with van der Waals surface area (Å²) in [6.45, 7) is 7.59. The van der Waals surface area contributed by atoms with Gasteiger partial charge in [-0.1, -0.05) is 0 Å². The van der Waals surface area contributed by atoms with Gasteiger partial charge in [0.2, 0.25) is 0 Å². The Balaban J connectivity index is 2.26. The number of morpholine rings is 1. The van der Waals surface area contributed by atoms with Gasteiger partial charge < -0.3 is 15.0 Å². The fraction of sp³-hybridized carbons (Fsp3) is 0.615. The van der Waals surface area contributed by atoms with E-state index in [0.717, 1.165) is 36.5 Å². The van der Waals surface area contributed by atoms with Crippen molar-refractivity contribution < 1.29 is 4.74 Å². The van der Waals surface area contributed by atoms with Crippen LogP contribution in [-0.4, -0.2) is 37.3 Å². The molecule has 1 saturated heterocycles. The Bertz CT molecular complexity index is 423. The van der Waals surface area contributed by atoms with Gasteiger partial charge >= 0.3 is 0 Å². The first-order valence-corrected chi connectivity index (χ1v) is 6.99. The second-order valence-corrected chi connectivity index (χ2v) is 6.11. The zero-order chi connectivity index (χ0) is 13.2. The molecule has 0 aromatic carbocycles. The average molecular weight is 314 g/mol. The lowest BCUT2D eigenvalue weighted by Gasteiger charge is -2.39. The fourth-order valence-electron chi connectivity index (χ4n) is 2.28. The second kappa shape index (κ2) is 5.55. The number of hydrogen-bond acceptors (Lipinski definition) is 4. The topological polar surface area (TPSA) is 37.4 Å². The quantitative estimate of drug-likeness (QED) is 0.928. The van der Waals surface area contributed by atoms with E-state index in [1.807, 2.05) is 13.2 Å². The Kier molecular flexibility index (Phi) is 4.25. The Labute approximate surface area is 117 Å². The number of rotatable bonds is 3. The number of anilines is 1. The van der Waals surface area contributed by atoms with Crippen LogP contribution in [0.5, 0.6) is 0 Å². The number of hydrogen-bond donors (Lipinski definition) is 1. The molecular weight excluding hydrogens is 294 g/mol. The van der Waals surface area contributed by atoms with Crippen LogP contribution in [0.1, 0.15) is 19.4 Å². The number of aromatic nitrogens is 1. The molecule has 0 amide bonds. The molecule has 0 bridgehead atoms. The molecule has 0 atom stereocenters. The summed E-state index contributed by atoms with van der Waals surface area (Å²) in [5.74, 6) is 1.06. The molecule has 1 N–H and O–H groups in total. The Morgan fingerprint density at radius 2 is 2.33 bits per heavy atom. The van der Waals surface area contributed by atoms with Gasteiger partial charge in [0.05, 0.1) is 12.2 Å². The molecule has 2 rings (SSSR count). The van der Waals surface area contributed by atoms with E-state index in [-0.39, 0.29) is 5.60 Å². The van der Waals surface area contributed by atoms with Crippen LogP contribution in [0.25, 0.3) is 0 Å². The predicted molar refractivity (Wildman–Crippen MR) is 76.9 cm³/mol. The monoisotopic (exact) mass is 313 g/mol. The normalized spacial score (nSPS) is 19.0. The van der Waals surface area contributed by atoms with Crippen molar-refractivity contribution in [2.75, 3.05) is 31.6 Å². The molecule has 5 heteroatoms. The van der Waals surface area contributed by atoms with Gasteiger partial charge in [0.1, 0.15) is 5.82 Å². The van der Waals surface area contributed by atoms with Gasteiger partial charge in [-0.15, -0.1) is 0 Å². The van der Waals surface area contributed by atoms with E-state index in [9.17, 15) is 0 Å². The molecule has 0 spiro atoms. The molecule has 0 radical (unpaired) electrons. The molecule has 4 nitrogen and oxygen atoms in total. The SMILES string of the molecule is CNCc1cc(Br)cnc1N1CCOC(C)(C)C1. The Morgan fingerprint density at radius 3 is 3.00 bits per heavy atom. The Hall–Kier alpha value is -0.650. The molecule has 2 heterocycles. The maximum Gasteiger partial charge on any atom is 0.133 e. The summed E-state index contributed by atoms with van der Waals surface area (Å²) in [5.41, 5.74) is 1.11. The third-order valence-electron chi connectivity index (χ3n) is 3.00. The standard InChI is InChI=1S/C13H20BrN3O/c1-13(2)9-17(4-5-18-13)12-10(7-15-3)6-11(14)8-16-12/h6,8,15H,4-5,7,9H2,1-3H3. The van der Waals surface area contributed by atoms with Crippen LogP contribution in [0.3, 0.4) is 0 Å². The van der Waals surface area contributed by atoms with E-state index in [2.05, 4.69) is 51.0 Å². The summed E-state index contributed by atoms with van der Waals surface area (Å²) in [7, 11) is 1.95. The minimum Gasteiger partial charge on any atom is -0.372 e. The van der Waals surface area contributed by atoms with Crippen LogP contribution >= 0.6 is 15.9 Å². The molecule has 100 valence electrons. The molecule has 1 aliphatic heterocycles. The van der Waals surface area contributed by atoms with E-state index in [1.165, 1.54) is 5.56 Å². The third-order valence-corrected chi connectivity index (χ3v) is 3.44. The molecule has 1 aliphatic rings. The molecule has 1 aromatic heterocycles. The van der Waals surface area contributed by atoms with E-state index in [4.69, 9.17) is 4.74 Å². The highest BCUT2D eigenvalue weighted by Crippen LogP contribution is 2.26. The van der Waals surface area contributed by atoms with Crippen molar-refractivity contribution in [3.05, 3.63) is 22.3 Å². The van der Waals surface area contributed by atoms with E-state index in [1.54, 1.807) is 0 Å². The van der Waals surface area contributed by atoms with E-state index in [0.29, 0.717) is 0 Å². The summed E-state index contributed by atoms with van der Waals surface area (Å²) < 4.78 is 6.76. The maximum atomic E-state index is 5.75. The number of pyridine rings is 1. The first kappa shape index (κ1) is 13.8. The van der Waals surface area contributed by atoms with Gasteiger partial charge in [0.25, 0.3) is 0 Å². The minimum atomic E-state index is -0.107. The van der Waals surface area contributed by atoms with Crippen molar-refractivity contribution >= 4 is 21.7 Å². The fourth-order valence-corrected chi connectivity index (χ4v) is 2.66. The summed E-state index contributed by atoms with van der Waals surface area (Å²) in [6, 6.07) is 2.13. The van der Waals surface area contributed by atoms with E-state index >= 15 is 0 Å². The third kappa shape index (κ3) is 3.22. The van der Waals surface area contributed by atoms with Gasteiger partial charge in [0.15, 0.2) is 0 Å². The lowest BCUT2D eigenvalue weighted by atomic mass is 10.1. The minimum absolute atomic E-state index is 0.107. The second-order valence-electron chi connectivity index (χ2n) is 5.20. The molecule has 0 aliphatic carbocycles. The molecular formula is C13H20BrN3O. The van der Waals surface area contributed by atoms with Crippen molar-refractivity contribution in [1.29, 1.82) is 0 Å². The maximum absolute atomic E-state index is 5.75. The largest absolute Gasteiger partial charge is 0.372 e. The van der Waals surface area contributed by atoms with Crippen LogP contribution in [0.15, 0.2) is 16.7 Å². The first-order valence-electron chi connectivity index (χ1n) is 6.20. The highest BCUT2D eigenvalue weighted by Gasteiger charge is 2.28. The van der Waals surface area contributed by atoms with Crippen molar-refractivity contribution in [3.8, 4) is 0 Å². The molecule has 1 fully saturated rings. The van der Waals surface area contributed by atoms with Crippen LogP contribution in [-0.2, 0) is 11.3 Å². The number of halogens is 1. The van der Waals surface area contributed by atoms with Crippen LogP contribution < -0.4 is 10.2 Å². The smallest absolute Gasteiger partial charge is 0.133 e. The van der Waals surface area contributed by atoms with Crippen LogP contribution in [0.2, 0.25) is 0 Å². The predicted octanol–water partition coefficient (Wildman–Crippen LogP) is 2.18. The highest BCUT2D eigenvalue weighted by molar-refractivity contribution is 9.10. The summed E-state index contributed by atoms with van der Waals surface area (Å²) >= 11 is 3.48. The van der Waals surface area contributed by atoms with Crippen LogP contribution in [0.4, 0.5) is 5.82 Å². The molecule has 18 heavy (non-hydrogen) atoms. The zero-order valence-corrected chi connectivity index (χ0v) is 12.7. The molecule has 1 aromatic rings. The van der Waals surface area contributed by atoms with Gasteiger partial charge in [-0.25, -0.2) is 4.98 Å². The van der Waals surface area contributed by atoms with Crippen molar-refractivity contribution in [1.82, 2.24) is 10.3 Å². The van der Waals surface area contributed by atoms with Gasteiger partial charge in [-0.05, 0) is 42.9 Å². The summed E-state index contributed by atoms with van der Waals surface area (Å²) in [6.07, 6.45) is 1.86. The summed E-state index contributed by atoms with van der Waals surface area (Å²) in [4.78, 5) is 6.88. The van der Waals surface area contributed by atoms with E-state index < -0.39 is 0 Å². The van der Waals surface area contributed by atoms with Gasteiger partial charge in [0, 0.05) is 35.9 Å². The number of nitrogens with one attached hydrogen (secondary N) is 1. The highest BCUT2D eigenvalue weighted by atomic mass is 79.9.